The number of aliphatic carboxylic acids is 1. The lowest BCUT2D eigenvalue weighted by Gasteiger charge is -2.42. The number of hydrogen-bond donors (Lipinski definition) is 5. The van der Waals surface area contributed by atoms with Crippen molar-refractivity contribution in [2.24, 2.45) is 0 Å². The number of carbonyl (C=O) groups excluding carboxylic acids is 3. The second-order valence-electron chi connectivity index (χ2n) is 9.05. The number of carboxylic acids is 1. The van der Waals surface area contributed by atoms with Gasteiger partial charge in [0.2, 0.25) is 11.8 Å². The van der Waals surface area contributed by atoms with Crippen LogP contribution in [0.1, 0.15) is 44.0 Å². The van der Waals surface area contributed by atoms with E-state index < -0.39 is 47.6 Å². The number of rotatable bonds is 7. The van der Waals surface area contributed by atoms with Gasteiger partial charge in [-0.3, -0.25) is 9.59 Å². The standard InChI is InChI=1S/C24H27N3O8/c1-24(2,3)35-23(34)26-18(13-4-8-15(28)9-5-13)20(30)25-17-12-27(21(17)31)19(22(32)33)14-6-10-16(29)11-7-14/h4-11,17-19,28-29H,12H2,1-3H3,(H,25,30)(H,26,34)(H,32,33)/t17-,18+,19+/m0/s1. The van der Waals surface area contributed by atoms with Gasteiger partial charge in [-0.15, -0.1) is 0 Å². The van der Waals surface area contributed by atoms with E-state index in [1.165, 1.54) is 48.5 Å². The van der Waals surface area contributed by atoms with Crippen LogP contribution in [0.2, 0.25) is 0 Å². The zero-order valence-corrected chi connectivity index (χ0v) is 19.4. The number of amides is 3. The topological polar surface area (TPSA) is 165 Å². The fraction of sp³-hybridized carbons (Fsp3) is 0.333. The number of hydrogen-bond acceptors (Lipinski definition) is 7. The number of carbonyl (C=O) groups is 4. The Hall–Kier alpha value is -4.28. The molecule has 3 rings (SSSR count). The minimum absolute atomic E-state index is 0.0380. The lowest BCUT2D eigenvalue weighted by Crippen LogP contribution is -2.66. The summed E-state index contributed by atoms with van der Waals surface area (Å²) < 4.78 is 5.22. The molecule has 2 aromatic carbocycles. The monoisotopic (exact) mass is 485 g/mol. The summed E-state index contributed by atoms with van der Waals surface area (Å²) in [5, 5.41) is 33.6. The van der Waals surface area contributed by atoms with Gasteiger partial charge in [-0.05, 0) is 56.2 Å². The Labute approximate surface area is 201 Å². The Morgan fingerprint density at radius 3 is 1.94 bits per heavy atom. The predicted octanol–water partition coefficient (Wildman–Crippen LogP) is 1.82. The highest BCUT2D eigenvalue weighted by molar-refractivity contribution is 5.97. The molecule has 2 aromatic rings. The van der Waals surface area contributed by atoms with Crippen LogP contribution in [0.3, 0.4) is 0 Å². The number of alkyl carbamates (subject to hydrolysis) is 1. The number of β-lactam (4-membered cyclic amide) rings is 1. The molecule has 0 bridgehead atoms. The maximum Gasteiger partial charge on any atom is 0.408 e. The highest BCUT2D eigenvalue weighted by atomic mass is 16.6. The highest BCUT2D eigenvalue weighted by Gasteiger charge is 2.45. The molecule has 1 heterocycles. The zero-order chi connectivity index (χ0) is 25.9. The molecule has 0 radical (unpaired) electrons. The summed E-state index contributed by atoms with van der Waals surface area (Å²) in [6.45, 7) is 4.92. The van der Waals surface area contributed by atoms with Crippen molar-refractivity contribution in [3.8, 4) is 11.5 Å². The summed E-state index contributed by atoms with van der Waals surface area (Å²) >= 11 is 0. The molecule has 0 saturated carbocycles. The fourth-order valence-electron chi connectivity index (χ4n) is 3.55. The van der Waals surface area contributed by atoms with E-state index in [-0.39, 0.29) is 18.0 Å². The molecule has 1 aliphatic heterocycles. The highest BCUT2D eigenvalue weighted by Crippen LogP contribution is 2.29. The second-order valence-corrected chi connectivity index (χ2v) is 9.05. The maximum atomic E-state index is 13.0. The Morgan fingerprint density at radius 2 is 1.49 bits per heavy atom. The van der Waals surface area contributed by atoms with E-state index in [1.807, 2.05) is 0 Å². The third-order valence-electron chi connectivity index (χ3n) is 5.18. The van der Waals surface area contributed by atoms with Crippen molar-refractivity contribution in [3.05, 3.63) is 59.7 Å². The average molecular weight is 485 g/mol. The van der Waals surface area contributed by atoms with Gasteiger partial charge in [-0.25, -0.2) is 9.59 Å². The number of benzene rings is 2. The van der Waals surface area contributed by atoms with E-state index >= 15 is 0 Å². The molecular formula is C24H27N3O8. The zero-order valence-electron chi connectivity index (χ0n) is 19.4. The number of ether oxygens (including phenoxy) is 1. The molecule has 5 N–H and O–H groups in total. The number of nitrogens with one attached hydrogen (secondary N) is 2. The first kappa shape index (κ1) is 25.3. The SMILES string of the molecule is CC(C)(C)OC(=O)N[C@@H](C(=O)N[C@H]1CN([C@@H](C(=O)O)c2ccc(O)cc2)C1=O)c1ccc(O)cc1. The summed E-state index contributed by atoms with van der Waals surface area (Å²) in [7, 11) is 0. The third kappa shape index (κ3) is 6.19. The lowest BCUT2D eigenvalue weighted by molar-refractivity contribution is -0.160. The molecule has 35 heavy (non-hydrogen) atoms. The third-order valence-corrected chi connectivity index (χ3v) is 5.18. The molecule has 3 atom stereocenters. The van der Waals surface area contributed by atoms with E-state index in [4.69, 9.17) is 4.74 Å². The van der Waals surface area contributed by atoms with Crippen molar-refractivity contribution in [2.75, 3.05) is 6.54 Å². The predicted molar refractivity (Wildman–Crippen MR) is 122 cm³/mol. The van der Waals surface area contributed by atoms with Crippen molar-refractivity contribution < 1.29 is 39.2 Å². The molecule has 3 amide bonds. The Bertz CT molecular complexity index is 1110. The number of carboxylic acid groups (broad SMARTS) is 1. The first-order chi connectivity index (χ1) is 16.4. The summed E-state index contributed by atoms with van der Waals surface area (Å²) in [4.78, 5) is 51.0. The molecule has 0 aliphatic carbocycles. The Morgan fingerprint density at radius 1 is 0.971 bits per heavy atom. The van der Waals surface area contributed by atoms with E-state index in [0.29, 0.717) is 11.1 Å². The minimum Gasteiger partial charge on any atom is -0.508 e. The molecule has 1 aliphatic rings. The van der Waals surface area contributed by atoms with Crippen LogP contribution in [0, 0.1) is 0 Å². The molecule has 186 valence electrons. The Balaban J connectivity index is 1.73. The van der Waals surface area contributed by atoms with Gasteiger partial charge in [0, 0.05) is 0 Å². The number of phenolic OH excluding ortho intramolecular Hbond substituents is 2. The quantitative estimate of drug-likeness (QED) is 0.370. The van der Waals surface area contributed by atoms with Crippen molar-refractivity contribution in [1.29, 1.82) is 0 Å². The van der Waals surface area contributed by atoms with Crippen LogP contribution in [0.25, 0.3) is 0 Å². The number of aromatic hydroxyl groups is 2. The largest absolute Gasteiger partial charge is 0.508 e. The van der Waals surface area contributed by atoms with Crippen LogP contribution >= 0.6 is 0 Å². The van der Waals surface area contributed by atoms with Crippen LogP contribution in [-0.4, -0.2) is 62.3 Å². The van der Waals surface area contributed by atoms with Gasteiger partial charge in [-0.1, -0.05) is 24.3 Å². The average Bonchev–Trinajstić information content (AvgIpc) is 2.76. The normalized spacial score (nSPS) is 17.1. The van der Waals surface area contributed by atoms with E-state index in [9.17, 15) is 34.5 Å². The first-order valence-electron chi connectivity index (χ1n) is 10.8. The van der Waals surface area contributed by atoms with Crippen molar-refractivity contribution >= 4 is 23.9 Å². The van der Waals surface area contributed by atoms with Crippen LogP contribution in [-0.2, 0) is 19.1 Å². The van der Waals surface area contributed by atoms with E-state index in [2.05, 4.69) is 10.6 Å². The van der Waals surface area contributed by atoms with Crippen molar-refractivity contribution in [3.63, 3.8) is 0 Å². The smallest absolute Gasteiger partial charge is 0.408 e. The van der Waals surface area contributed by atoms with Gasteiger partial charge >= 0.3 is 12.1 Å². The molecule has 11 heteroatoms. The lowest BCUT2D eigenvalue weighted by atomic mass is 9.97. The minimum atomic E-state index is -1.29. The fourth-order valence-corrected chi connectivity index (χ4v) is 3.55. The second kappa shape index (κ2) is 9.92. The van der Waals surface area contributed by atoms with Crippen LogP contribution < -0.4 is 10.6 Å². The van der Waals surface area contributed by atoms with Gasteiger partial charge in [0.25, 0.3) is 0 Å². The van der Waals surface area contributed by atoms with Gasteiger partial charge in [0.15, 0.2) is 6.04 Å². The van der Waals surface area contributed by atoms with Crippen LogP contribution in [0.15, 0.2) is 48.5 Å². The van der Waals surface area contributed by atoms with Crippen LogP contribution in [0.4, 0.5) is 4.79 Å². The molecular weight excluding hydrogens is 458 g/mol. The van der Waals surface area contributed by atoms with Crippen molar-refractivity contribution in [2.45, 2.75) is 44.5 Å². The number of phenols is 2. The van der Waals surface area contributed by atoms with Gasteiger partial charge < -0.3 is 35.6 Å². The molecule has 0 spiro atoms. The van der Waals surface area contributed by atoms with Crippen molar-refractivity contribution in [1.82, 2.24) is 15.5 Å². The molecule has 0 aromatic heterocycles. The molecule has 0 unspecified atom stereocenters. The number of nitrogens with zero attached hydrogens (tertiary/aromatic N) is 1. The summed E-state index contributed by atoms with van der Waals surface area (Å²) in [5.41, 5.74) is -0.186. The molecule has 1 fully saturated rings. The Kier molecular flexibility index (Phi) is 7.18. The van der Waals surface area contributed by atoms with E-state index in [0.717, 1.165) is 4.90 Å². The maximum absolute atomic E-state index is 13.0. The molecule has 1 saturated heterocycles. The molecule has 11 nitrogen and oxygen atoms in total. The van der Waals surface area contributed by atoms with Gasteiger partial charge in [0.05, 0.1) is 6.54 Å². The van der Waals surface area contributed by atoms with Gasteiger partial charge in [-0.2, -0.15) is 0 Å². The van der Waals surface area contributed by atoms with E-state index in [1.54, 1.807) is 20.8 Å². The summed E-state index contributed by atoms with van der Waals surface area (Å²) in [6.07, 6.45) is -0.856. The summed E-state index contributed by atoms with van der Waals surface area (Å²) in [5.74, 6) is -2.67. The summed E-state index contributed by atoms with van der Waals surface area (Å²) in [6, 6.07) is 7.49. The number of likely N-dealkylation sites (tertiary alicyclic amines) is 1. The van der Waals surface area contributed by atoms with Gasteiger partial charge in [0.1, 0.15) is 29.2 Å². The van der Waals surface area contributed by atoms with Crippen LogP contribution in [0.5, 0.6) is 11.5 Å². The first-order valence-corrected chi connectivity index (χ1v) is 10.8.